The molecule has 0 atom stereocenters. The smallest absolute Gasteiger partial charge is 0.345 e. The van der Waals surface area contributed by atoms with Crippen LogP contribution in [0.2, 0.25) is 0 Å². The topological polar surface area (TPSA) is 74.0 Å². The molecule has 2 aromatic rings. The van der Waals surface area contributed by atoms with Crippen molar-refractivity contribution in [3.05, 3.63) is 39.7 Å². The van der Waals surface area contributed by atoms with Crippen molar-refractivity contribution in [1.82, 2.24) is 4.98 Å². The number of rotatable bonds is 3. The number of pyridine rings is 1. The van der Waals surface area contributed by atoms with E-state index < -0.39 is 5.97 Å². The highest BCUT2D eigenvalue weighted by Gasteiger charge is 2.11. The number of aromatic nitrogens is 1. The average Bonchev–Trinajstić information content (AvgIpc) is 2.78. The van der Waals surface area contributed by atoms with Crippen molar-refractivity contribution in [3.8, 4) is 6.07 Å². The Morgan fingerprint density at radius 3 is 2.94 bits per heavy atom. The summed E-state index contributed by atoms with van der Waals surface area (Å²) in [5, 5.41) is 20.2. The van der Waals surface area contributed by atoms with Gasteiger partial charge in [-0.1, -0.05) is 11.8 Å². The number of nitrogens with zero attached hydrogens (tertiary/aromatic N) is 2. The van der Waals surface area contributed by atoms with Crippen LogP contribution in [0.1, 0.15) is 20.9 Å². The Hall–Kier alpha value is -1.84. The van der Waals surface area contributed by atoms with Crippen molar-refractivity contribution in [1.29, 1.82) is 5.26 Å². The molecule has 6 heteroatoms. The molecule has 1 N–H and O–H groups in total. The zero-order valence-electron chi connectivity index (χ0n) is 9.38. The Morgan fingerprint density at radius 2 is 2.33 bits per heavy atom. The highest BCUT2D eigenvalue weighted by atomic mass is 32.2. The van der Waals surface area contributed by atoms with E-state index >= 15 is 0 Å². The first-order valence-corrected chi connectivity index (χ1v) is 6.67. The van der Waals surface area contributed by atoms with Crippen LogP contribution in [0, 0.1) is 18.3 Å². The number of hydrogen-bond donors (Lipinski definition) is 1. The van der Waals surface area contributed by atoms with Gasteiger partial charge in [-0.3, -0.25) is 0 Å². The van der Waals surface area contributed by atoms with Gasteiger partial charge in [-0.15, -0.1) is 11.3 Å². The van der Waals surface area contributed by atoms with Gasteiger partial charge in [-0.25, -0.2) is 9.78 Å². The summed E-state index contributed by atoms with van der Waals surface area (Å²) in [4.78, 5) is 16.1. The van der Waals surface area contributed by atoms with Crippen molar-refractivity contribution in [2.24, 2.45) is 0 Å². The van der Waals surface area contributed by atoms with E-state index in [2.05, 4.69) is 11.1 Å². The maximum Gasteiger partial charge on any atom is 0.345 e. The molecule has 0 saturated heterocycles. The monoisotopic (exact) mass is 276 g/mol. The van der Waals surface area contributed by atoms with Crippen LogP contribution in [0.15, 0.2) is 33.5 Å². The average molecular weight is 276 g/mol. The van der Waals surface area contributed by atoms with Crippen LogP contribution < -0.4 is 0 Å². The molecule has 0 bridgehead atoms. The molecule has 90 valence electrons. The van der Waals surface area contributed by atoms with Gasteiger partial charge >= 0.3 is 5.97 Å². The summed E-state index contributed by atoms with van der Waals surface area (Å²) in [6.07, 6.45) is 0. The van der Waals surface area contributed by atoms with Crippen LogP contribution in [-0.2, 0) is 0 Å². The second-order valence-corrected chi connectivity index (χ2v) is 5.44. The van der Waals surface area contributed by atoms with Crippen molar-refractivity contribution in [3.63, 3.8) is 0 Å². The second-order valence-electron chi connectivity index (χ2n) is 3.47. The van der Waals surface area contributed by atoms with Gasteiger partial charge in [-0.2, -0.15) is 5.26 Å². The molecule has 4 nitrogen and oxygen atoms in total. The molecule has 0 aliphatic rings. The summed E-state index contributed by atoms with van der Waals surface area (Å²) in [5.74, 6) is -0.940. The molecule has 0 aliphatic carbocycles. The Bertz CT molecular complexity index is 644. The quantitative estimate of drug-likeness (QED) is 0.932. The van der Waals surface area contributed by atoms with Crippen molar-refractivity contribution in [2.45, 2.75) is 16.8 Å². The van der Waals surface area contributed by atoms with Crippen LogP contribution in [0.3, 0.4) is 0 Å². The molecule has 0 radical (unpaired) electrons. The van der Waals surface area contributed by atoms with Gasteiger partial charge in [0.1, 0.15) is 16.0 Å². The second kappa shape index (κ2) is 5.21. The van der Waals surface area contributed by atoms with Gasteiger partial charge in [-0.05, 0) is 25.1 Å². The van der Waals surface area contributed by atoms with E-state index in [1.807, 2.05) is 6.92 Å². The van der Waals surface area contributed by atoms with Gasteiger partial charge < -0.3 is 5.11 Å². The van der Waals surface area contributed by atoms with E-state index in [9.17, 15) is 4.79 Å². The van der Waals surface area contributed by atoms with E-state index in [0.29, 0.717) is 10.6 Å². The zero-order chi connectivity index (χ0) is 13.1. The predicted molar refractivity (Wildman–Crippen MR) is 69.1 cm³/mol. The minimum atomic E-state index is -0.940. The number of thiophene rings is 1. The van der Waals surface area contributed by atoms with Gasteiger partial charge in [0.25, 0.3) is 0 Å². The van der Waals surface area contributed by atoms with Crippen LogP contribution in [0.25, 0.3) is 0 Å². The first-order chi connectivity index (χ1) is 8.60. The fraction of sp³-hybridized carbons (Fsp3) is 0.0833. The number of aromatic carboxylic acids is 1. The van der Waals surface area contributed by atoms with Gasteiger partial charge in [0, 0.05) is 16.0 Å². The maximum atomic E-state index is 10.8. The largest absolute Gasteiger partial charge is 0.477 e. The van der Waals surface area contributed by atoms with Crippen molar-refractivity contribution < 1.29 is 9.90 Å². The molecule has 0 aromatic carbocycles. The lowest BCUT2D eigenvalue weighted by Gasteiger charge is -2.01. The molecule has 2 aromatic heterocycles. The fourth-order valence-electron chi connectivity index (χ4n) is 1.29. The molecule has 2 rings (SSSR count). The molecule has 0 aliphatic heterocycles. The highest BCUT2D eigenvalue weighted by Crippen LogP contribution is 2.32. The third-order valence-electron chi connectivity index (χ3n) is 2.12. The lowest BCUT2D eigenvalue weighted by Crippen LogP contribution is -1.90. The molecular weight excluding hydrogens is 268 g/mol. The lowest BCUT2D eigenvalue weighted by molar-refractivity contribution is 0.0702. The van der Waals surface area contributed by atoms with E-state index in [-0.39, 0.29) is 4.88 Å². The van der Waals surface area contributed by atoms with E-state index in [1.54, 1.807) is 23.6 Å². The Balaban J connectivity index is 2.30. The van der Waals surface area contributed by atoms with Crippen LogP contribution in [0.5, 0.6) is 0 Å². The standard InChI is InChI=1S/C12H8N2O2S2/c1-7-2-3-8(5-13)11(14-7)18-9-4-10(12(15)16)17-6-9/h2-4,6H,1H3,(H,15,16). The minimum absolute atomic E-state index is 0.281. The first kappa shape index (κ1) is 12.6. The summed E-state index contributed by atoms with van der Waals surface area (Å²) in [5.41, 5.74) is 1.32. The molecule has 0 unspecified atom stereocenters. The predicted octanol–water partition coefficient (Wildman–Crippen LogP) is 3.17. The maximum absolute atomic E-state index is 10.8. The van der Waals surface area contributed by atoms with Crippen molar-refractivity contribution >= 4 is 29.1 Å². The SMILES string of the molecule is Cc1ccc(C#N)c(Sc2csc(C(=O)O)c2)n1. The molecular formula is C12H8N2O2S2. The van der Waals surface area contributed by atoms with Crippen LogP contribution in [0.4, 0.5) is 0 Å². The van der Waals surface area contributed by atoms with Crippen molar-refractivity contribution in [2.75, 3.05) is 0 Å². The third-order valence-corrected chi connectivity index (χ3v) is 4.16. The molecule has 0 amide bonds. The van der Waals surface area contributed by atoms with Crippen LogP contribution in [-0.4, -0.2) is 16.1 Å². The Kier molecular flexibility index (Phi) is 3.65. The normalized spacial score (nSPS) is 10.0. The number of hydrogen-bond acceptors (Lipinski definition) is 5. The number of carboxylic acids is 1. The van der Waals surface area contributed by atoms with Gasteiger partial charge in [0.05, 0.1) is 5.56 Å². The number of carbonyl (C=O) groups is 1. The summed E-state index contributed by atoms with van der Waals surface area (Å²) in [6.45, 7) is 1.85. The van der Waals surface area contributed by atoms with E-state index in [1.165, 1.54) is 11.8 Å². The first-order valence-electron chi connectivity index (χ1n) is 4.97. The summed E-state index contributed by atoms with van der Waals surface area (Å²) < 4.78 is 0. The summed E-state index contributed by atoms with van der Waals surface area (Å²) in [7, 11) is 0. The molecule has 0 fully saturated rings. The highest BCUT2D eigenvalue weighted by molar-refractivity contribution is 7.99. The zero-order valence-corrected chi connectivity index (χ0v) is 11.0. The molecule has 0 saturated carbocycles. The molecule has 2 heterocycles. The third kappa shape index (κ3) is 2.70. The Morgan fingerprint density at radius 1 is 1.56 bits per heavy atom. The van der Waals surface area contributed by atoms with Gasteiger partial charge in [0.15, 0.2) is 0 Å². The summed E-state index contributed by atoms with van der Waals surface area (Å²) >= 11 is 2.47. The van der Waals surface area contributed by atoms with Crippen LogP contribution >= 0.6 is 23.1 Å². The molecule has 0 spiro atoms. The summed E-state index contributed by atoms with van der Waals surface area (Å²) in [6, 6.07) is 7.16. The number of carboxylic acid groups (broad SMARTS) is 1. The molecule has 18 heavy (non-hydrogen) atoms. The minimum Gasteiger partial charge on any atom is -0.477 e. The lowest BCUT2D eigenvalue weighted by atomic mass is 10.3. The van der Waals surface area contributed by atoms with E-state index in [0.717, 1.165) is 21.9 Å². The number of aryl methyl sites for hydroxylation is 1. The van der Waals surface area contributed by atoms with E-state index in [4.69, 9.17) is 10.4 Å². The fourth-order valence-corrected chi connectivity index (χ4v) is 3.12. The number of nitriles is 1. The Labute approximate surface area is 112 Å². The van der Waals surface area contributed by atoms with Gasteiger partial charge in [0.2, 0.25) is 0 Å².